The van der Waals surface area contributed by atoms with Crippen LogP contribution in [0.5, 0.6) is 0 Å². The molecule has 0 saturated carbocycles. The summed E-state index contributed by atoms with van der Waals surface area (Å²) < 4.78 is 11.6. The van der Waals surface area contributed by atoms with E-state index in [2.05, 4.69) is 4.01 Å². The molecule has 0 saturated heterocycles. The lowest BCUT2D eigenvalue weighted by atomic mass is 10.6. The Hall–Kier alpha value is 1.13. The van der Waals surface area contributed by atoms with Crippen molar-refractivity contribution in [3.05, 3.63) is 0 Å². The fourth-order valence-electron chi connectivity index (χ4n) is 0.209. The molecular formula is C3H5I2N. The molecule has 3 heteroatoms. The van der Waals surface area contributed by atoms with E-state index in [4.69, 9.17) is 3.56 Å². The molecule has 6 heavy (non-hydrogen) atoms. The molecule has 0 aliphatic carbocycles. The van der Waals surface area contributed by atoms with Crippen molar-refractivity contribution in [2.45, 2.75) is 3.92 Å². The van der Waals surface area contributed by atoms with Gasteiger partial charge in [0.1, 0.15) is 0 Å². The van der Waals surface area contributed by atoms with E-state index in [0.717, 1.165) is 3.92 Å². The normalized spacial score (nSPS) is 31.0. The second kappa shape index (κ2) is 2.44. The monoisotopic (exact) mass is 309 g/mol. The van der Waals surface area contributed by atoms with Gasteiger partial charge in [-0.15, -0.1) is 20.7 Å². The average Bonchev–Trinajstić information content (AvgIpc) is 1.31. The summed E-state index contributed by atoms with van der Waals surface area (Å²) in [6.07, 6.45) is 0. The van der Waals surface area contributed by atoms with E-state index in [1.54, 1.807) is 0 Å². The van der Waals surface area contributed by atoms with Crippen molar-refractivity contribution in [1.82, 2.24) is 0 Å². The second-order valence-corrected chi connectivity index (χ2v) is 5.76. The molecule has 1 aliphatic heterocycles. The largest absolute Gasteiger partial charge is 0.278 e. The van der Waals surface area contributed by atoms with E-state index >= 15 is 0 Å². The fourth-order valence-corrected chi connectivity index (χ4v) is 6.01. The molecule has 1 nitrogen and oxygen atoms in total. The van der Waals surface area contributed by atoms with E-state index in [9.17, 15) is 0 Å². The second-order valence-electron chi connectivity index (χ2n) is 1.06. The summed E-state index contributed by atoms with van der Waals surface area (Å²) in [7, 11) is 0. The molecule has 0 aromatic carbocycles. The van der Waals surface area contributed by atoms with Crippen LogP contribution >= 0.6 is 41.8 Å². The van der Waals surface area contributed by atoms with Crippen molar-refractivity contribution in [3.63, 3.8) is 0 Å². The summed E-state index contributed by atoms with van der Waals surface area (Å²) in [5.74, 6) is 0. The lowest BCUT2D eigenvalue weighted by molar-refractivity contribution is 1.48. The Morgan fingerprint density at radius 2 is 2.67 bits per heavy atom. The molecule has 1 unspecified atom stereocenters. The van der Waals surface area contributed by atoms with Crippen LogP contribution in [0.2, 0.25) is 0 Å². The first kappa shape index (κ1) is 5.27. The molecule has 1 N–H and O–H groups in total. The van der Waals surface area contributed by atoms with Crippen LogP contribution < -0.4 is 0 Å². The van der Waals surface area contributed by atoms with E-state index in [-0.39, 0.29) is 21.0 Å². The number of hydrogen-bond donors (Lipinski definition) is 1. The molecular weight excluding hydrogens is 304 g/mol. The summed E-state index contributed by atoms with van der Waals surface area (Å²) in [6, 6.07) is 0. The summed E-state index contributed by atoms with van der Waals surface area (Å²) in [5.41, 5.74) is 0. The molecule has 0 aromatic heterocycles. The van der Waals surface area contributed by atoms with E-state index < -0.39 is 0 Å². The highest BCUT2D eigenvalue weighted by Crippen LogP contribution is 2.21. The van der Waals surface area contributed by atoms with Crippen LogP contribution in [0, 0.1) is 3.56 Å². The van der Waals surface area contributed by atoms with Gasteiger partial charge in [0.05, 0.1) is 3.92 Å². The van der Waals surface area contributed by atoms with E-state index in [1.807, 2.05) is 0 Å². The maximum atomic E-state index is 6.96. The van der Waals surface area contributed by atoms with Crippen LogP contribution in [0.25, 0.3) is 0 Å². The van der Waals surface area contributed by atoms with Gasteiger partial charge >= 0.3 is 0 Å². The summed E-state index contributed by atoms with van der Waals surface area (Å²) in [4.78, 5) is 0. The van der Waals surface area contributed by atoms with Crippen LogP contribution in [0.15, 0.2) is 0 Å². The number of rotatable bonds is 1. The van der Waals surface area contributed by atoms with Gasteiger partial charge in [-0.3, -0.25) is 3.56 Å². The highest BCUT2D eigenvalue weighted by Gasteiger charge is 2.05. The zero-order valence-corrected chi connectivity index (χ0v) is 7.43. The third kappa shape index (κ3) is 1.05. The number of halogens is 2. The summed E-state index contributed by atoms with van der Waals surface area (Å²) in [5, 5.41) is 0. The zero-order valence-electron chi connectivity index (χ0n) is 3.12. The predicted octanol–water partition coefficient (Wildman–Crippen LogP) is 1.87. The lowest BCUT2D eigenvalue weighted by Crippen LogP contribution is -2.07. The SMILES string of the molecule is N=IC1C=IC1. The average molecular weight is 309 g/mol. The topological polar surface area (TPSA) is 23.9 Å². The minimum atomic E-state index is -0.147. The van der Waals surface area contributed by atoms with Crippen molar-refractivity contribution in [1.29, 1.82) is 3.56 Å². The lowest BCUT2D eigenvalue weighted by Gasteiger charge is -2.06. The molecule has 0 spiro atoms. The smallest absolute Gasteiger partial charge is 0.0541 e. The minimum Gasteiger partial charge on any atom is -0.278 e. The minimum absolute atomic E-state index is 0.147. The molecule has 0 fully saturated rings. The molecule has 1 rings (SSSR count). The Bertz CT molecular complexity index is 88.8. The van der Waals surface area contributed by atoms with Gasteiger partial charge in [0.2, 0.25) is 0 Å². The van der Waals surface area contributed by atoms with Crippen LogP contribution in [0.1, 0.15) is 0 Å². The Morgan fingerprint density at radius 3 is 2.67 bits per heavy atom. The zero-order chi connectivity index (χ0) is 4.41. The maximum Gasteiger partial charge on any atom is 0.0541 e. The molecule has 0 amide bonds. The van der Waals surface area contributed by atoms with Crippen molar-refractivity contribution >= 4 is 45.8 Å². The maximum absolute atomic E-state index is 6.96. The Kier molecular flexibility index (Phi) is 2.14. The summed E-state index contributed by atoms with van der Waals surface area (Å²) in [6.45, 7) is 0. The van der Waals surface area contributed by atoms with Crippen molar-refractivity contribution in [3.8, 4) is 0 Å². The fraction of sp³-hybridized carbons (Fsp3) is 0.667. The van der Waals surface area contributed by atoms with E-state index in [1.165, 1.54) is 4.43 Å². The highest BCUT2D eigenvalue weighted by molar-refractivity contribution is 14.2. The molecule has 0 radical (unpaired) electrons. The first-order valence-corrected chi connectivity index (χ1v) is 6.73. The van der Waals surface area contributed by atoms with Gasteiger partial charge in [-0.05, 0) is 25.0 Å². The first-order chi connectivity index (χ1) is 2.93. The van der Waals surface area contributed by atoms with Crippen molar-refractivity contribution < 1.29 is 0 Å². The highest BCUT2D eigenvalue weighted by atomic mass is 127. The van der Waals surface area contributed by atoms with Gasteiger partial charge in [-0.1, -0.05) is 0 Å². The first-order valence-electron chi connectivity index (χ1n) is 1.63. The molecule has 36 valence electrons. The van der Waals surface area contributed by atoms with Crippen LogP contribution in [0.4, 0.5) is 0 Å². The van der Waals surface area contributed by atoms with Crippen molar-refractivity contribution in [2.75, 3.05) is 4.43 Å². The quantitative estimate of drug-likeness (QED) is 0.565. The van der Waals surface area contributed by atoms with Gasteiger partial charge in [0.25, 0.3) is 0 Å². The van der Waals surface area contributed by atoms with Crippen molar-refractivity contribution in [2.24, 2.45) is 0 Å². The molecule has 0 aromatic rings. The molecule has 0 bridgehead atoms. The summed E-state index contributed by atoms with van der Waals surface area (Å²) >= 11 is 0.380. The van der Waals surface area contributed by atoms with Crippen LogP contribution in [0.3, 0.4) is 0 Å². The number of nitrogens with one attached hydrogen (secondary N) is 1. The Balaban J connectivity index is 2.39. The molecule has 1 aliphatic rings. The van der Waals surface area contributed by atoms with Crippen LogP contribution in [-0.2, 0) is 0 Å². The number of alkyl halides is 2. The Morgan fingerprint density at radius 1 is 2.00 bits per heavy atom. The Labute approximate surface area is 57.2 Å². The van der Waals surface area contributed by atoms with Gasteiger partial charge in [0.15, 0.2) is 0 Å². The van der Waals surface area contributed by atoms with Gasteiger partial charge < -0.3 is 0 Å². The standard InChI is InChI=1S/C3H5I2N/c6-5-3-1-4-2-3/h1,3,6H,2H2. The predicted molar refractivity (Wildman–Crippen MR) is 45.5 cm³/mol. The third-order valence-electron chi connectivity index (χ3n) is 0.602. The van der Waals surface area contributed by atoms with E-state index in [0.29, 0.717) is 20.7 Å². The van der Waals surface area contributed by atoms with Gasteiger partial charge in [-0.25, -0.2) is 0 Å². The van der Waals surface area contributed by atoms with Crippen LogP contribution in [-0.4, -0.2) is 12.4 Å². The molecule has 1 atom stereocenters. The third-order valence-corrected chi connectivity index (χ3v) is 8.10. The van der Waals surface area contributed by atoms with Gasteiger partial charge in [-0.2, -0.15) is 0 Å². The van der Waals surface area contributed by atoms with Gasteiger partial charge in [0, 0.05) is 4.43 Å². The molecule has 1 heterocycles. The number of hydrogen-bond acceptors (Lipinski definition) is 1.